The largest absolute Gasteiger partial charge is 0.360 e. The number of carbonyl (C=O) groups excluding carboxylic acids is 1. The van der Waals surface area contributed by atoms with Gasteiger partial charge in [-0.2, -0.15) is 0 Å². The summed E-state index contributed by atoms with van der Waals surface area (Å²) in [6.45, 7) is 4.69. The molecule has 1 fully saturated rings. The highest BCUT2D eigenvalue weighted by Gasteiger charge is 2.18. The number of thioether (sulfide) groups is 1. The fourth-order valence-corrected chi connectivity index (χ4v) is 3.33. The molecule has 0 radical (unpaired) electrons. The normalized spacial score (nSPS) is 17.9. The average Bonchev–Trinajstić information content (AvgIpc) is 2.89. The Kier molecular flexibility index (Phi) is 5.95. The summed E-state index contributed by atoms with van der Waals surface area (Å²) in [5.41, 5.74) is 0.884. The number of hydrogen-bond acceptors (Lipinski definition) is 4. The second-order valence-electron chi connectivity index (χ2n) is 5.64. The quantitative estimate of drug-likeness (QED) is 0.875. The Labute approximate surface area is 125 Å². The molecule has 1 saturated carbocycles. The van der Waals surface area contributed by atoms with E-state index in [9.17, 15) is 4.79 Å². The zero-order chi connectivity index (χ0) is 14.4. The van der Waals surface area contributed by atoms with E-state index in [4.69, 9.17) is 4.52 Å². The molecule has 1 aliphatic rings. The number of nitrogens with one attached hydrogen (secondary N) is 1. The number of rotatable bonds is 6. The molecular weight excluding hydrogens is 272 g/mol. The third-order valence-electron chi connectivity index (χ3n) is 3.81. The van der Waals surface area contributed by atoms with Crippen LogP contribution in [-0.4, -0.2) is 22.9 Å². The average molecular weight is 296 g/mol. The minimum absolute atomic E-state index is 0.0519. The van der Waals surface area contributed by atoms with Crippen molar-refractivity contribution < 1.29 is 9.32 Å². The van der Waals surface area contributed by atoms with E-state index in [0.29, 0.717) is 11.7 Å². The summed E-state index contributed by atoms with van der Waals surface area (Å²) < 4.78 is 5.15. The van der Waals surface area contributed by atoms with Gasteiger partial charge in [-0.25, -0.2) is 0 Å². The molecule has 1 aliphatic carbocycles. The van der Waals surface area contributed by atoms with E-state index in [-0.39, 0.29) is 11.2 Å². The first-order chi connectivity index (χ1) is 9.65. The maximum atomic E-state index is 12.0. The molecule has 1 heterocycles. The van der Waals surface area contributed by atoms with Crippen LogP contribution in [0.4, 0.5) is 0 Å². The van der Waals surface area contributed by atoms with Gasteiger partial charge in [-0.1, -0.05) is 24.4 Å². The molecule has 1 atom stereocenters. The summed E-state index contributed by atoms with van der Waals surface area (Å²) >= 11 is 1.59. The Morgan fingerprint density at radius 1 is 1.50 bits per heavy atom. The van der Waals surface area contributed by atoms with Crippen LogP contribution < -0.4 is 5.32 Å². The van der Waals surface area contributed by atoms with Gasteiger partial charge in [0.25, 0.3) is 0 Å². The van der Waals surface area contributed by atoms with E-state index in [2.05, 4.69) is 10.5 Å². The van der Waals surface area contributed by atoms with Crippen LogP contribution in [0.5, 0.6) is 0 Å². The monoisotopic (exact) mass is 296 g/mol. The van der Waals surface area contributed by atoms with E-state index in [1.54, 1.807) is 11.8 Å². The molecule has 1 aromatic heterocycles. The van der Waals surface area contributed by atoms with E-state index in [1.807, 2.05) is 19.9 Å². The second kappa shape index (κ2) is 7.72. The molecule has 20 heavy (non-hydrogen) atoms. The number of aromatic nitrogens is 1. The van der Waals surface area contributed by atoms with Crippen LogP contribution in [0.2, 0.25) is 0 Å². The topological polar surface area (TPSA) is 55.1 Å². The van der Waals surface area contributed by atoms with Crippen molar-refractivity contribution in [2.75, 3.05) is 6.54 Å². The van der Waals surface area contributed by atoms with Crippen molar-refractivity contribution in [2.45, 2.75) is 57.0 Å². The van der Waals surface area contributed by atoms with Gasteiger partial charge >= 0.3 is 0 Å². The van der Waals surface area contributed by atoms with Gasteiger partial charge in [0.05, 0.1) is 16.7 Å². The van der Waals surface area contributed by atoms with Crippen molar-refractivity contribution in [3.63, 3.8) is 0 Å². The molecule has 1 N–H and O–H groups in total. The number of nitrogens with zero attached hydrogens (tertiary/aromatic N) is 1. The van der Waals surface area contributed by atoms with Gasteiger partial charge in [-0.3, -0.25) is 4.79 Å². The zero-order valence-corrected chi connectivity index (χ0v) is 13.2. The first-order valence-corrected chi connectivity index (χ1v) is 8.51. The lowest BCUT2D eigenvalue weighted by atomic mass is 9.89. The van der Waals surface area contributed by atoms with Crippen LogP contribution in [0.3, 0.4) is 0 Å². The van der Waals surface area contributed by atoms with Gasteiger partial charge in [-0.15, -0.1) is 11.8 Å². The number of hydrogen-bond donors (Lipinski definition) is 1. The minimum atomic E-state index is -0.0519. The van der Waals surface area contributed by atoms with Gasteiger partial charge in [0.15, 0.2) is 0 Å². The highest BCUT2D eigenvalue weighted by molar-refractivity contribution is 7.99. The minimum Gasteiger partial charge on any atom is -0.360 e. The molecule has 0 bridgehead atoms. The molecule has 112 valence electrons. The van der Waals surface area contributed by atoms with Crippen LogP contribution in [0.15, 0.2) is 10.6 Å². The molecule has 0 spiro atoms. The first kappa shape index (κ1) is 15.4. The van der Waals surface area contributed by atoms with Crippen molar-refractivity contribution in [3.8, 4) is 0 Å². The highest BCUT2D eigenvalue weighted by Crippen LogP contribution is 2.23. The third-order valence-corrected chi connectivity index (χ3v) is 4.98. The molecule has 0 aliphatic heterocycles. The van der Waals surface area contributed by atoms with Crippen LogP contribution in [0, 0.1) is 12.8 Å². The SMILES string of the molecule is Cc1cc(CSC(C)C(=O)NCC2CCCCC2)on1. The number of amides is 1. The van der Waals surface area contributed by atoms with Crippen LogP contribution in [0.1, 0.15) is 50.5 Å². The van der Waals surface area contributed by atoms with E-state index >= 15 is 0 Å². The molecule has 1 unspecified atom stereocenters. The van der Waals surface area contributed by atoms with Gasteiger partial charge in [0.2, 0.25) is 5.91 Å². The molecule has 0 saturated heterocycles. The Bertz CT molecular complexity index is 427. The maximum absolute atomic E-state index is 12.0. The molecule has 5 heteroatoms. The Balaban J connectivity index is 1.66. The van der Waals surface area contributed by atoms with Crippen molar-refractivity contribution in [1.29, 1.82) is 0 Å². The summed E-state index contributed by atoms with van der Waals surface area (Å²) in [7, 11) is 0. The molecule has 0 aromatic carbocycles. The lowest BCUT2D eigenvalue weighted by molar-refractivity contribution is -0.120. The molecule has 2 rings (SSSR count). The fourth-order valence-electron chi connectivity index (χ4n) is 2.55. The van der Waals surface area contributed by atoms with Crippen molar-refractivity contribution in [1.82, 2.24) is 10.5 Å². The third kappa shape index (κ3) is 4.85. The number of carbonyl (C=O) groups is 1. The van der Waals surface area contributed by atoms with Gasteiger partial charge in [0, 0.05) is 12.6 Å². The first-order valence-electron chi connectivity index (χ1n) is 7.46. The molecular formula is C15H24N2O2S. The fraction of sp³-hybridized carbons (Fsp3) is 0.733. The molecule has 1 aromatic rings. The van der Waals surface area contributed by atoms with Crippen molar-refractivity contribution in [3.05, 3.63) is 17.5 Å². The Morgan fingerprint density at radius 3 is 2.90 bits per heavy atom. The summed E-state index contributed by atoms with van der Waals surface area (Å²) in [5, 5.41) is 6.88. The van der Waals surface area contributed by atoms with Gasteiger partial charge in [0.1, 0.15) is 5.76 Å². The van der Waals surface area contributed by atoms with Gasteiger partial charge < -0.3 is 9.84 Å². The second-order valence-corrected chi connectivity index (χ2v) is 6.97. The zero-order valence-electron chi connectivity index (χ0n) is 12.4. The van der Waals surface area contributed by atoms with Crippen LogP contribution in [-0.2, 0) is 10.5 Å². The van der Waals surface area contributed by atoms with Crippen LogP contribution in [0.25, 0.3) is 0 Å². The highest BCUT2D eigenvalue weighted by atomic mass is 32.2. The summed E-state index contributed by atoms with van der Waals surface area (Å²) in [6.07, 6.45) is 6.51. The van der Waals surface area contributed by atoms with Crippen LogP contribution >= 0.6 is 11.8 Å². The summed E-state index contributed by atoms with van der Waals surface area (Å²) in [6, 6.07) is 1.92. The standard InChI is InChI=1S/C15H24N2O2S/c1-11-8-14(19-17-11)10-20-12(2)15(18)16-9-13-6-4-3-5-7-13/h8,12-13H,3-7,9-10H2,1-2H3,(H,16,18). The molecule has 4 nitrogen and oxygen atoms in total. The van der Waals surface area contributed by atoms with Gasteiger partial charge in [-0.05, 0) is 32.6 Å². The predicted octanol–water partition coefficient (Wildman–Crippen LogP) is 3.30. The smallest absolute Gasteiger partial charge is 0.232 e. The maximum Gasteiger partial charge on any atom is 0.232 e. The van der Waals surface area contributed by atoms with E-state index < -0.39 is 0 Å². The lowest BCUT2D eigenvalue weighted by Gasteiger charge is -2.22. The summed E-state index contributed by atoms with van der Waals surface area (Å²) in [5.74, 6) is 2.34. The Morgan fingerprint density at radius 2 is 2.25 bits per heavy atom. The summed E-state index contributed by atoms with van der Waals surface area (Å²) in [4.78, 5) is 12.0. The van der Waals surface area contributed by atoms with E-state index in [0.717, 1.165) is 18.0 Å². The van der Waals surface area contributed by atoms with Crippen molar-refractivity contribution >= 4 is 17.7 Å². The molecule has 1 amide bonds. The Hall–Kier alpha value is -0.970. The van der Waals surface area contributed by atoms with E-state index in [1.165, 1.54) is 32.1 Å². The van der Waals surface area contributed by atoms with Crippen molar-refractivity contribution in [2.24, 2.45) is 5.92 Å². The predicted molar refractivity (Wildman–Crippen MR) is 81.6 cm³/mol. The lowest BCUT2D eigenvalue weighted by Crippen LogP contribution is -2.35. The number of aryl methyl sites for hydroxylation is 1.